The number of aromatic carboxylic acids is 1. The van der Waals surface area contributed by atoms with Crippen molar-refractivity contribution in [3.8, 4) is 11.1 Å². The Bertz CT molecular complexity index is 1240. The van der Waals surface area contributed by atoms with E-state index in [2.05, 4.69) is 24.5 Å². The first-order valence-electron chi connectivity index (χ1n) is 12.1. The van der Waals surface area contributed by atoms with Gasteiger partial charge >= 0.3 is 12.0 Å². The van der Waals surface area contributed by atoms with E-state index in [-0.39, 0.29) is 23.4 Å². The number of benzene rings is 3. The van der Waals surface area contributed by atoms with Crippen LogP contribution in [-0.2, 0) is 4.79 Å². The van der Waals surface area contributed by atoms with Gasteiger partial charge in [0, 0.05) is 17.9 Å². The lowest BCUT2D eigenvalue weighted by Gasteiger charge is -2.26. The predicted molar refractivity (Wildman–Crippen MR) is 141 cm³/mol. The topological polar surface area (TPSA) is 98.7 Å². The lowest BCUT2D eigenvalue weighted by atomic mass is 10.0. The molecule has 2 unspecified atom stereocenters. The maximum atomic E-state index is 13.2. The number of amides is 3. The molecule has 0 bridgehead atoms. The molecule has 3 aromatic rings. The van der Waals surface area contributed by atoms with E-state index in [1.54, 1.807) is 41.3 Å². The summed E-state index contributed by atoms with van der Waals surface area (Å²) in [4.78, 5) is 38.8. The zero-order chi connectivity index (χ0) is 25.8. The van der Waals surface area contributed by atoms with E-state index in [0.29, 0.717) is 23.8 Å². The summed E-state index contributed by atoms with van der Waals surface area (Å²) in [5.74, 6) is -0.740. The Hall–Kier alpha value is -4.13. The lowest BCUT2D eigenvalue weighted by Crippen LogP contribution is -2.47. The third-order valence-corrected chi connectivity index (χ3v) is 6.68. The van der Waals surface area contributed by atoms with E-state index in [1.807, 2.05) is 43.3 Å². The summed E-state index contributed by atoms with van der Waals surface area (Å²) < 4.78 is 0. The molecule has 36 heavy (non-hydrogen) atoms. The van der Waals surface area contributed by atoms with Crippen molar-refractivity contribution in [2.75, 3.05) is 17.2 Å². The van der Waals surface area contributed by atoms with Gasteiger partial charge in [-0.2, -0.15) is 0 Å². The second-order valence-electron chi connectivity index (χ2n) is 9.56. The molecule has 3 amide bonds. The van der Waals surface area contributed by atoms with Gasteiger partial charge in [-0.15, -0.1) is 0 Å². The van der Waals surface area contributed by atoms with Crippen molar-refractivity contribution in [2.45, 2.75) is 39.2 Å². The minimum atomic E-state index is -0.965. The zero-order valence-electron chi connectivity index (χ0n) is 20.7. The van der Waals surface area contributed by atoms with E-state index in [4.69, 9.17) is 5.11 Å². The van der Waals surface area contributed by atoms with Crippen LogP contribution in [-0.4, -0.2) is 40.5 Å². The zero-order valence-corrected chi connectivity index (χ0v) is 20.7. The number of carboxylic acids is 1. The Morgan fingerprint density at radius 3 is 1.92 bits per heavy atom. The van der Waals surface area contributed by atoms with Crippen LogP contribution in [0.15, 0.2) is 72.8 Å². The van der Waals surface area contributed by atoms with Gasteiger partial charge in [-0.1, -0.05) is 57.2 Å². The first-order chi connectivity index (χ1) is 17.2. The Morgan fingerprint density at radius 2 is 1.36 bits per heavy atom. The van der Waals surface area contributed by atoms with Crippen LogP contribution in [0.25, 0.3) is 11.1 Å². The normalized spacial score (nSPS) is 17.2. The van der Waals surface area contributed by atoms with Gasteiger partial charge in [0.05, 0.1) is 5.56 Å². The van der Waals surface area contributed by atoms with Crippen LogP contribution in [0.4, 0.5) is 16.2 Å². The minimum absolute atomic E-state index is 0.0334. The van der Waals surface area contributed by atoms with E-state index in [1.165, 1.54) is 5.56 Å². The molecule has 186 valence electrons. The number of carboxylic acid groups (broad SMARTS) is 1. The van der Waals surface area contributed by atoms with Crippen molar-refractivity contribution in [3.63, 3.8) is 0 Å². The highest BCUT2D eigenvalue weighted by Crippen LogP contribution is 2.27. The van der Waals surface area contributed by atoms with E-state index < -0.39 is 12.0 Å². The molecule has 1 aliphatic rings. The minimum Gasteiger partial charge on any atom is -0.478 e. The third-order valence-electron chi connectivity index (χ3n) is 6.68. The van der Waals surface area contributed by atoms with Crippen LogP contribution in [0.5, 0.6) is 0 Å². The third kappa shape index (κ3) is 5.57. The molecule has 4 rings (SSSR count). The van der Waals surface area contributed by atoms with Gasteiger partial charge < -0.3 is 20.6 Å². The van der Waals surface area contributed by atoms with Gasteiger partial charge in [-0.05, 0) is 71.3 Å². The standard InChI is InChI=1S/C29H31N3O4/c1-18(2)20-8-12-25(13-9-20)31-29(36)32-17-16-19(3)26(32)27(33)30-24-14-10-22(11-15-24)21-4-6-23(7-5-21)28(34)35/h4-15,18-19,26H,16-17H2,1-3H3,(H,30,33)(H,31,36)(H,34,35). The van der Waals surface area contributed by atoms with Crippen LogP contribution >= 0.6 is 0 Å². The summed E-state index contributed by atoms with van der Waals surface area (Å²) in [5, 5.41) is 14.9. The summed E-state index contributed by atoms with van der Waals surface area (Å²) in [6.45, 7) is 6.74. The second-order valence-corrected chi connectivity index (χ2v) is 9.56. The van der Waals surface area contributed by atoms with Crippen molar-refractivity contribution >= 4 is 29.3 Å². The maximum absolute atomic E-state index is 13.2. The van der Waals surface area contributed by atoms with E-state index in [0.717, 1.165) is 17.5 Å². The highest BCUT2D eigenvalue weighted by Gasteiger charge is 2.39. The Kier molecular flexibility index (Phi) is 7.38. The molecule has 3 aromatic carbocycles. The highest BCUT2D eigenvalue weighted by molar-refractivity contribution is 6.00. The molecule has 3 N–H and O–H groups in total. The first kappa shape index (κ1) is 25.0. The molecule has 0 aromatic heterocycles. The lowest BCUT2D eigenvalue weighted by molar-refractivity contribution is -0.120. The average molecular weight is 486 g/mol. The summed E-state index contributed by atoms with van der Waals surface area (Å²) in [6.07, 6.45) is 0.753. The molecule has 0 spiro atoms. The summed E-state index contributed by atoms with van der Waals surface area (Å²) in [5.41, 5.74) is 4.55. The Morgan fingerprint density at radius 1 is 0.833 bits per heavy atom. The monoisotopic (exact) mass is 485 g/mol. The van der Waals surface area contributed by atoms with Crippen molar-refractivity contribution in [1.29, 1.82) is 0 Å². The number of nitrogens with one attached hydrogen (secondary N) is 2. The molecule has 7 nitrogen and oxygen atoms in total. The van der Waals surface area contributed by atoms with Gasteiger partial charge in [0.1, 0.15) is 6.04 Å². The predicted octanol–water partition coefficient (Wildman–Crippen LogP) is 6.06. The van der Waals surface area contributed by atoms with E-state index in [9.17, 15) is 14.4 Å². The van der Waals surface area contributed by atoms with E-state index >= 15 is 0 Å². The SMILES string of the molecule is CC(C)c1ccc(NC(=O)N2CCC(C)C2C(=O)Nc2ccc(-c3ccc(C(=O)O)cc3)cc2)cc1. The van der Waals surface area contributed by atoms with Crippen molar-refractivity contribution in [2.24, 2.45) is 5.92 Å². The smallest absolute Gasteiger partial charge is 0.335 e. The fourth-order valence-corrected chi connectivity index (χ4v) is 4.49. The largest absolute Gasteiger partial charge is 0.478 e. The summed E-state index contributed by atoms with van der Waals surface area (Å²) in [7, 11) is 0. The van der Waals surface area contributed by atoms with Gasteiger partial charge in [0.15, 0.2) is 0 Å². The quantitative estimate of drug-likeness (QED) is 0.395. The fourth-order valence-electron chi connectivity index (χ4n) is 4.49. The molecular weight excluding hydrogens is 454 g/mol. The fraction of sp³-hybridized carbons (Fsp3) is 0.276. The van der Waals surface area contributed by atoms with Crippen LogP contribution in [0, 0.1) is 5.92 Å². The maximum Gasteiger partial charge on any atom is 0.335 e. The molecule has 1 aliphatic heterocycles. The van der Waals surface area contributed by atoms with Crippen LogP contribution in [0.2, 0.25) is 0 Å². The van der Waals surface area contributed by atoms with Crippen molar-refractivity contribution in [1.82, 2.24) is 4.90 Å². The van der Waals surface area contributed by atoms with Crippen LogP contribution in [0.1, 0.15) is 49.0 Å². The Balaban J connectivity index is 1.41. The van der Waals surface area contributed by atoms with Gasteiger partial charge in [0.25, 0.3) is 0 Å². The number of rotatable bonds is 6. The number of carbonyl (C=O) groups is 3. The molecular formula is C29H31N3O4. The molecule has 2 atom stereocenters. The number of hydrogen-bond acceptors (Lipinski definition) is 3. The first-order valence-corrected chi connectivity index (χ1v) is 12.1. The molecule has 1 heterocycles. The second kappa shape index (κ2) is 10.6. The molecule has 1 saturated heterocycles. The van der Waals surface area contributed by atoms with Crippen molar-refractivity contribution in [3.05, 3.63) is 83.9 Å². The highest BCUT2D eigenvalue weighted by atomic mass is 16.4. The van der Waals surface area contributed by atoms with Crippen LogP contribution in [0.3, 0.4) is 0 Å². The molecule has 7 heteroatoms. The molecule has 0 aliphatic carbocycles. The van der Waals surface area contributed by atoms with Gasteiger partial charge in [-0.3, -0.25) is 4.79 Å². The molecule has 0 radical (unpaired) electrons. The number of nitrogens with zero attached hydrogens (tertiary/aromatic N) is 1. The molecule has 1 fully saturated rings. The van der Waals surface area contributed by atoms with Gasteiger partial charge in [-0.25, -0.2) is 9.59 Å². The average Bonchev–Trinajstić information content (AvgIpc) is 3.26. The number of anilines is 2. The molecule has 0 saturated carbocycles. The Labute approximate surface area is 211 Å². The number of hydrogen-bond donors (Lipinski definition) is 3. The summed E-state index contributed by atoms with van der Waals surface area (Å²) in [6, 6.07) is 20.9. The van der Waals surface area contributed by atoms with Crippen molar-refractivity contribution < 1.29 is 19.5 Å². The number of carbonyl (C=O) groups excluding carboxylic acids is 2. The summed E-state index contributed by atoms with van der Waals surface area (Å²) >= 11 is 0. The number of urea groups is 1. The van der Waals surface area contributed by atoms with Gasteiger partial charge in [0.2, 0.25) is 5.91 Å². The van der Waals surface area contributed by atoms with Crippen LogP contribution < -0.4 is 10.6 Å². The number of likely N-dealkylation sites (tertiary alicyclic amines) is 1.